The van der Waals surface area contributed by atoms with Crippen molar-refractivity contribution in [2.24, 2.45) is 11.3 Å². The number of aliphatic hydroxyl groups excluding tert-OH is 1. The van der Waals surface area contributed by atoms with Crippen LogP contribution in [-0.4, -0.2) is 37.3 Å². The summed E-state index contributed by atoms with van der Waals surface area (Å²) in [5, 5.41) is 15.7. The average molecular weight is 256 g/mol. The molecular weight excluding hydrogens is 228 g/mol. The minimum absolute atomic E-state index is 0.127. The number of rotatable bonds is 8. The maximum absolute atomic E-state index is 11.8. The Labute approximate surface area is 111 Å². The van der Waals surface area contributed by atoms with Crippen LogP contribution in [0.3, 0.4) is 0 Å². The third kappa shape index (κ3) is 4.58. The molecule has 1 rings (SSSR count). The Bertz CT molecular complexity index is 238. The first-order chi connectivity index (χ1) is 8.65. The third-order valence-electron chi connectivity index (χ3n) is 4.44. The molecule has 1 fully saturated rings. The molecule has 0 spiro atoms. The number of carbonyl (C=O) groups excluding carboxylic acids is 1. The molecule has 0 radical (unpaired) electrons. The van der Waals surface area contributed by atoms with Crippen LogP contribution in [0.5, 0.6) is 0 Å². The van der Waals surface area contributed by atoms with Gasteiger partial charge in [-0.05, 0) is 44.7 Å². The fourth-order valence-electron chi connectivity index (χ4n) is 2.45. The van der Waals surface area contributed by atoms with Gasteiger partial charge < -0.3 is 15.7 Å². The molecule has 0 aromatic rings. The van der Waals surface area contributed by atoms with Crippen molar-refractivity contribution < 1.29 is 9.90 Å². The molecule has 4 nitrogen and oxygen atoms in total. The minimum Gasteiger partial charge on any atom is -0.396 e. The maximum atomic E-state index is 11.8. The van der Waals surface area contributed by atoms with Gasteiger partial charge in [0.25, 0.3) is 0 Å². The van der Waals surface area contributed by atoms with Crippen molar-refractivity contribution in [3.8, 4) is 0 Å². The first-order valence-corrected chi connectivity index (χ1v) is 7.24. The van der Waals surface area contributed by atoms with Crippen molar-refractivity contribution in [1.29, 1.82) is 0 Å². The molecule has 1 heterocycles. The van der Waals surface area contributed by atoms with Crippen molar-refractivity contribution in [2.75, 3.05) is 26.2 Å². The highest BCUT2D eigenvalue weighted by molar-refractivity contribution is 5.75. The maximum Gasteiger partial charge on any atom is 0.220 e. The third-order valence-corrected chi connectivity index (χ3v) is 4.44. The highest BCUT2D eigenvalue weighted by atomic mass is 16.3. The van der Waals surface area contributed by atoms with Gasteiger partial charge in [0, 0.05) is 18.4 Å². The van der Waals surface area contributed by atoms with E-state index < -0.39 is 0 Å². The van der Waals surface area contributed by atoms with E-state index in [1.165, 1.54) is 6.42 Å². The summed E-state index contributed by atoms with van der Waals surface area (Å²) < 4.78 is 0. The Morgan fingerprint density at radius 2 is 2.17 bits per heavy atom. The Hall–Kier alpha value is -0.610. The topological polar surface area (TPSA) is 61.4 Å². The molecular formula is C14H28N2O2. The van der Waals surface area contributed by atoms with E-state index in [1.54, 1.807) is 0 Å². The molecule has 0 aromatic carbocycles. The van der Waals surface area contributed by atoms with E-state index in [2.05, 4.69) is 24.5 Å². The monoisotopic (exact) mass is 256 g/mol. The van der Waals surface area contributed by atoms with E-state index in [-0.39, 0.29) is 17.9 Å². The van der Waals surface area contributed by atoms with Crippen molar-refractivity contribution in [2.45, 2.75) is 46.0 Å². The number of amides is 1. The van der Waals surface area contributed by atoms with Crippen LogP contribution in [0.4, 0.5) is 0 Å². The van der Waals surface area contributed by atoms with E-state index in [4.69, 9.17) is 0 Å². The van der Waals surface area contributed by atoms with Crippen LogP contribution < -0.4 is 10.6 Å². The van der Waals surface area contributed by atoms with Crippen LogP contribution in [-0.2, 0) is 4.79 Å². The fraction of sp³-hybridized carbons (Fsp3) is 0.929. The van der Waals surface area contributed by atoms with E-state index in [1.807, 2.05) is 0 Å². The Morgan fingerprint density at radius 1 is 1.44 bits per heavy atom. The molecule has 3 N–H and O–H groups in total. The van der Waals surface area contributed by atoms with Gasteiger partial charge in [0.05, 0.1) is 6.61 Å². The molecule has 1 aliphatic heterocycles. The molecule has 1 unspecified atom stereocenters. The highest BCUT2D eigenvalue weighted by Gasteiger charge is 2.25. The Kier molecular flexibility index (Phi) is 6.65. The van der Waals surface area contributed by atoms with Crippen LogP contribution >= 0.6 is 0 Å². The molecule has 0 aromatic heterocycles. The molecule has 0 aliphatic carbocycles. The lowest BCUT2D eigenvalue weighted by atomic mass is 9.83. The number of nitrogens with one attached hydrogen (secondary N) is 2. The summed E-state index contributed by atoms with van der Waals surface area (Å²) in [5.74, 6) is 0.789. The summed E-state index contributed by atoms with van der Waals surface area (Å²) in [6.45, 7) is 7.01. The van der Waals surface area contributed by atoms with Crippen LogP contribution in [0.15, 0.2) is 0 Å². The molecule has 1 aliphatic rings. The lowest BCUT2D eigenvalue weighted by Crippen LogP contribution is -2.39. The summed E-state index contributed by atoms with van der Waals surface area (Å²) in [7, 11) is 0. The summed E-state index contributed by atoms with van der Waals surface area (Å²) in [5.41, 5.74) is -0.134. The minimum atomic E-state index is -0.134. The van der Waals surface area contributed by atoms with Crippen molar-refractivity contribution in [1.82, 2.24) is 10.6 Å². The van der Waals surface area contributed by atoms with Crippen LogP contribution in [0, 0.1) is 11.3 Å². The smallest absolute Gasteiger partial charge is 0.220 e. The summed E-state index contributed by atoms with van der Waals surface area (Å²) >= 11 is 0. The first-order valence-electron chi connectivity index (χ1n) is 7.24. The van der Waals surface area contributed by atoms with E-state index in [0.29, 0.717) is 18.9 Å². The van der Waals surface area contributed by atoms with Crippen LogP contribution in [0.1, 0.15) is 46.0 Å². The zero-order valence-electron chi connectivity index (χ0n) is 11.8. The summed E-state index contributed by atoms with van der Waals surface area (Å²) in [4.78, 5) is 11.8. The Balaban J connectivity index is 2.22. The second kappa shape index (κ2) is 7.74. The van der Waals surface area contributed by atoms with Gasteiger partial charge in [-0.3, -0.25) is 4.79 Å². The average Bonchev–Trinajstić information content (AvgIpc) is 2.92. The second-order valence-electron chi connectivity index (χ2n) is 5.54. The standard InChI is InChI=1S/C14H28N2O2/c1-3-14(4-2,11-17)10-16-13(18)6-5-12-7-8-15-9-12/h12,15,17H,3-11H2,1-2H3,(H,16,18). The normalized spacial score (nSPS) is 20.1. The number of hydrogen-bond donors (Lipinski definition) is 3. The molecule has 0 saturated carbocycles. The highest BCUT2D eigenvalue weighted by Crippen LogP contribution is 2.24. The molecule has 4 heteroatoms. The SMILES string of the molecule is CCC(CC)(CO)CNC(=O)CCC1CCNC1. The number of aliphatic hydroxyl groups is 1. The lowest BCUT2D eigenvalue weighted by Gasteiger charge is -2.29. The van der Waals surface area contributed by atoms with Gasteiger partial charge in [0.2, 0.25) is 5.91 Å². The number of carbonyl (C=O) groups is 1. The molecule has 1 atom stereocenters. The first kappa shape index (κ1) is 15.4. The van der Waals surface area contributed by atoms with Gasteiger partial charge in [0.15, 0.2) is 0 Å². The van der Waals surface area contributed by atoms with Gasteiger partial charge in [-0.15, -0.1) is 0 Å². The van der Waals surface area contributed by atoms with E-state index in [9.17, 15) is 9.90 Å². The summed E-state index contributed by atoms with van der Waals surface area (Å²) in [6, 6.07) is 0. The van der Waals surface area contributed by atoms with Gasteiger partial charge in [-0.25, -0.2) is 0 Å². The molecule has 0 bridgehead atoms. The van der Waals surface area contributed by atoms with Crippen molar-refractivity contribution >= 4 is 5.91 Å². The van der Waals surface area contributed by atoms with Gasteiger partial charge >= 0.3 is 0 Å². The molecule has 1 saturated heterocycles. The lowest BCUT2D eigenvalue weighted by molar-refractivity contribution is -0.122. The van der Waals surface area contributed by atoms with Crippen molar-refractivity contribution in [3.05, 3.63) is 0 Å². The van der Waals surface area contributed by atoms with Crippen molar-refractivity contribution in [3.63, 3.8) is 0 Å². The van der Waals surface area contributed by atoms with Gasteiger partial charge in [-0.1, -0.05) is 13.8 Å². The van der Waals surface area contributed by atoms with Gasteiger partial charge in [-0.2, -0.15) is 0 Å². The molecule has 106 valence electrons. The Morgan fingerprint density at radius 3 is 2.67 bits per heavy atom. The fourth-order valence-corrected chi connectivity index (χ4v) is 2.45. The van der Waals surface area contributed by atoms with Crippen LogP contribution in [0.2, 0.25) is 0 Å². The largest absolute Gasteiger partial charge is 0.396 e. The summed E-state index contributed by atoms with van der Waals surface area (Å²) in [6.07, 6.45) is 4.57. The zero-order chi connectivity index (χ0) is 13.4. The molecule has 1 amide bonds. The van der Waals surface area contributed by atoms with Crippen LogP contribution in [0.25, 0.3) is 0 Å². The predicted molar refractivity (Wildman–Crippen MR) is 73.3 cm³/mol. The zero-order valence-corrected chi connectivity index (χ0v) is 11.8. The van der Waals surface area contributed by atoms with E-state index >= 15 is 0 Å². The van der Waals surface area contributed by atoms with E-state index in [0.717, 1.165) is 32.4 Å². The number of hydrogen-bond acceptors (Lipinski definition) is 3. The predicted octanol–water partition coefficient (Wildman–Crippen LogP) is 1.29. The second-order valence-corrected chi connectivity index (χ2v) is 5.54. The molecule has 18 heavy (non-hydrogen) atoms. The van der Waals surface area contributed by atoms with Gasteiger partial charge in [0.1, 0.15) is 0 Å². The quantitative estimate of drug-likeness (QED) is 0.613.